The average Bonchev–Trinajstić information content (AvgIpc) is 3.12. The van der Waals surface area contributed by atoms with Gasteiger partial charge in [-0.05, 0) is 42.2 Å². The molecule has 0 spiro atoms. The number of fused-ring (bicyclic) bond motifs is 1. The first-order valence-corrected chi connectivity index (χ1v) is 13.9. The number of hydrogen-bond donors (Lipinski definition) is 1. The average molecular weight is 534 g/mol. The summed E-state index contributed by atoms with van der Waals surface area (Å²) >= 11 is 0. The third kappa shape index (κ3) is 5.62. The molecule has 1 aliphatic heterocycles. The summed E-state index contributed by atoms with van der Waals surface area (Å²) in [4.78, 5) is 41.0. The second kappa shape index (κ2) is 11.6. The van der Waals surface area contributed by atoms with E-state index in [1.54, 1.807) is 17.0 Å². The van der Waals surface area contributed by atoms with Crippen LogP contribution in [0.1, 0.15) is 39.9 Å². The van der Waals surface area contributed by atoms with Crippen LogP contribution in [0.15, 0.2) is 83.8 Å². The number of benzene rings is 3. The molecule has 8 nitrogen and oxygen atoms in total. The molecule has 1 atom stereocenters. The van der Waals surface area contributed by atoms with Crippen LogP contribution in [-0.4, -0.2) is 55.0 Å². The Morgan fingerprint density at radius 3 is 2.29 bits per heavy atom. The second-order valence-corrected chi connectivity index (χ2v) is 11.1. The van der Waals surface area contributed by atoms with Crippen molar-refractivity contribution in [3.63, 3.8) is 0 Å². The second-order valence-electron chi connectivity index (χ2n) is 9.25. The molecule has 1 heterocycles. The van der Waals surface area contributed by atoms with Gasteiger partial charge in [0.25, 0.3) is 15.9 Å². The maximum atomic E-state index is 13.6. The van der Waals surface area contributed by atoms with Crippen LogP contribution in [0.25, 0.3) is 0 Å². The van der Waals surface area contributed by atoms with E-state index in [0.29, 0.717) is 6.42 Å². The number of aryl methyl sites for hydroxylation is 1. The Hall–Kier alpha value is -3.98. The Bertz CT molecular complexity index is 1440. The van der Waals surface area contributed by atoms with Gasteiger partial charge in [-0.1, -0.05) is 66.7 Å². The quantitative estimate of drug-likeness (QED) is 0.431. The molecule has 1 aliphatic rings. The Morgan fingerprint density at radius 1 is 0.947 bits per heavy atom. The first kappa shape index (κ1) is 27.1. The molecule has 38 heavy (non-hydrogen) atoms. The van der Waals surface area contributed by atoms with E-state index in [-0.39, 0.29) is 48.2 Å². The molecule has 1 N–H and O–H groups in total. The van der Waals surface area contributed by atoms with Gasteiger partial charge in [0.05, 0.1) is 5.56 Å². The predicted octanol–water partition coefficient (Wildman–Crippen LogP) is 3.31. The molecule has 0 unspecified atom stereocenters. The summed E-state index contributed by atoms with van der Waals surface area (Å²) in [6.07, 6.45) is 0.435. The van der Waals surface area contributed by atoms with E-state index in [9.17, 15) is 22.8 Å². The first-order chi connectivity index (χ1) is 18.2. The highest BCUT2D eigenvalue weighted by molar-refractivity contribution is 7.90. The molecule has 3 aromatic rings. The van der Waals surface area contributed by atoms with Crippen molar-refractivity contribution in [2.45, 2.75) is 43.7 Å². The summed E-state index contributed by atoms with van der Waals surface area (Å²) in [6.45, 7) is 2.05. The van der Waals surface area contributed by atoms with Crippen molar-refractivity contribution in [2.75, 3.05) is 13.6 Å². The third-order valence-corrected chi connectivity index (χ3v) is 8.62. The molecule has 3 aromatic carbocycles. The van der Waals surface area contributed by atoms with Crippen molar-refractivity contribution < 1.29 is 22.8 Å². The molecule has 4 rings (SSSR count). The maximum Gasteiger partial charge on any atom is 0.269 e. The highest BCUT2D eigenvalue weighted by Gasteiger charge is 2.40. The molecule has 0 aromatic heterocycles. The number of nitrogens with zero attached hydrogens (tertiary/aromatic N) is 2. The van der Waals surface area contributed by atoms with Gasteiger partial charge in [0.15, 0.2) is 0 Å². The van der Waals surface area contributed by atoms with E-state index in [1.807, 2.05) is 61.5 Å². The lowest BCUT2D eigenvalue weighted by Crippen LogP contribution is -2.50. The monoisotopic (exact) mass is 533 g/mol. The van der Waals surface area contributed by atoms with Crippen LogP contribution in [-0.2, 0) is 32.6 Å². The van der Waals surface area contributed by atoms with Crippen LogP contribution < -0.4 is 5.32 Å². The molecular weight excluding hydrogens is 502 g/mol. The lowest BCUT2D eigenvalue weighted by atomic mass is 10.0. The minimum Gasteiger partial charge on any atom is -0.357 e. The van der Waals surface area contributed by atoms with Crippen LogP contribution in [0.3, 0.4) is 0 Å². The van der Waals surface area contributed by atoms with Crippen molar-refractivity contribution in [1.29, 1.82) is 0 Å². The van der Waals surface area contributed by atoms with Crippen molar-refractivity contribution >= 4 is 27.7 Å². The fourth-order valence-corrected chi connectivity index (χ4v) is 6.27. The highest BCUT2D eigenvalue weighted by atomic mass is 32.2. The van der Waals surface area contributed by atoms with Gasteiger partial charge in [-0.3, -0.25) is 14.4 Å². The third-order valence-electron chi connectivity index (χ3n) is 6.78. The number of sulfonamides is 1. The molecule has 3 amide bonds. The van der Waals surface area contributed by atoms with Gasteiger partial charge in [0, 0.05) is 33.0 Å². The largest absolute Gasteiger partial charge is 0.357 e. The molecule has 0 bridgehead atoms. The number of carbonyl (C=O) groups excluding carboxylic acids is 3. The van der Waals surface area contributed by atoms with Gasteiger partial charge in [-0.15, -0.1) is 0 Å². The van der Waals surface area contributed by atoms with Gasteiger partial charge in [-0.2, -0.15) is 0 Å². The van der Waals surface area contributed by atoms with E-state index in [1.165, 1.54) is 19.2 Å². The van der Waals surface area contributed by atoms with Crippen LogP contribution in [0.4, 0.5) is 0 Å². The van der Waals surface area contributed by atoms with Gasteiger partial charge < -0.3 is 10.2 Å². The number of amides is 3. The minimum absolute atomic E-state index is 0.0138. The fourth-order valence-electron chi connectivity index (χ4n) is 4.66. The van der Waals surface area contributed by atoms with Crippen molar-refractivity contribution in [3.8, 4) is 0 Å². The number of likely N-dealkylation sites (N-methyl/N-ethyl adjacent to an activating group) is 1. The molecule has 0 saturated carbocycles. The lowest BCUT2D eigenvalue weighted by molar-refractivity contribution is -0.141. The number of carbonyl (C=O) groups is 3. The highest BCUT2D eigenvalue weighted by Crippen LogP contribution is 2.30. The molecule has 198 valence electrons. The minimum atomic E-state index is -3.95. The molecule has 0 saturated heterocycles. The van der Waals surface area contributed by atoms with Crippen molar-refractivity contribution in [2.24, 2.45) is 0 Å². The molecule has 9 heteroatoms. The lowest BCUT2D eigenvalue weighted by Gasteiger charge is -2.32. The Labute approximate surface area is 223 Å². The number of nitrogens with one attached hydrogen (secondary N) is 1. The number of hydrogen-bond acceptors (Lipinski definition) is 5. The molecular formula is C29H31N3O5S. The van der Waals surface area contributed by atoms with Gasteiger partial charge >= 0.3 is 0 Å². The topological polar surface area (TPSA) is 104 Å². The standard InChI is InChI=1S/C29H31N3O5S/c1-21-11-6-7-14-23(21)20-31(25(28(34)30-2)19-22-12-4-3-5-13-22)27(33)17-10-18-32-29(35)24-15-8-9-16-26(24)38(32,36)37/h3-9,11-16,25H,10,17-20H2,1-2H3,(H,30,34)/t25-/m0/s1. The van der Waals surface area contributed by atoms with Crippen LogP contribution in [0, 0.1) is 6.92 Å². The van der Waals surface area contributed by atoms with Crippen LogP contribution in [0.2, 0.25) is 0 Å². The smallest absolute Gasteiger partial charge is 0.269 e. The Morgan fingerprint density at radius 2 is 1.61 bits per heavy atom. The van der Waals surface area contributed by atoms with Crippen molar-refractivity contribution in [1.82, 2.24) is 14.5 Å². The zero-order valence-corrected chi connectivity index (χ0v) is 22.3. The fraction of sp³-hybridized carbons (Fsp3) is 0.276. The summed E-state index contributed by atoms with van der Waals surface area (Å²) in [7, 11) is -2.41. The zero-order chi connectivity index (χ0) is 27.3. The van der Waals surface area contributed by atoms with E-state index < -0.39 is 22.0 Å². The van der Waals surface area contributed by atoms with E-state index in [4.69, 9.17) is 0 Å². The summed E-state index contributed by atoms with van der Waals surface area (Å²) in [5.41, 5.74) is 2.96. The molecule has 0 radical (unpaired) electrons. The Balaban J connectivity index is 1.55. The SMILES string of the molecule is CNC(=O)[C@H](Cc1ccccc1)N(Cc1ccccc1C)C(=O)CCCN1C(=O)c2ccccc2S1(=O)=O. The van der Waals surface area contributed by atoms with E-state index >= 15 is 0 Å². The van der Waals surface area contributed by atoms with Crippen LogP contribution >= 0.6 is 0 Å². The summed E-state index contributed by atoms with van der Waals surface area (Å²) in [5.74, 6) is -1.17. The van der Waals surface area contributed by atoms with Crippen molar-refractivity contribution in [3.05, 3.63) is 101 Å². The van der Waals surface area contributed by atoms with Gasteiger partial charge in [0.1, 0.15) is 10.9 Å². The summed E-state index contributed by atoms with van der Waals surface area (Å²) in [6, 6.07) is 22.5. The maximum absolute atomic E-state index is 13.6. The molecule has 0 fully saturated rings. The normalized spacial score (nSPS) is 14.6. The summed E-state index contributed by atoms with van der Waals surface area (Å²) in [5, 5.41) is 2.68. The predicted molar refractivity (Wildman–Crippen MR) is 144 cm³/mol. The van der Waals surface area contributed by atoms with E-state index in [2.05, 4.69) is 5.32 Å². The number of rotatable bonds is 10. The van der Waals surface area contributed by atoms with Crippen LogP contribution in [0.5, 0.6) is 0 Å². The van der Waals surface area contributed by atoms with E-state index in [0.717, 1.165) is 21.0 Å². The zero-order valence-electron chi connectivity index (χ0n) is 21.5. The first-order valence-electron chi connectivity index (χ1n) is 12.5. The molecule has 0 aliphatic carbocycles. The van der Waals surface area contributed by atoms with Gasteiger partial charge in [0.2, 0.25) is 11.8 Å². The Kier molecular flexibility index (Phi) is 8.26. The summed E-state index contributed by atoms with van der Waals surface area (Å²) < 4.78 is 26.6. The van der Waals surface area contributed by atoms with Gasteiger partial charge in [-0.25, -0.2) is 12.7 Å².